The number of rotatable bonds is 1. The zero-order valence-electron chi connectivity index (χ0n) is 13.6. The van der Waals surface area contributed by atoms with E-state index in [-0.39, 0.29) is 5.41 Å². The summed E-state index contributed by atoms with van der Waals surface area (Å²) in [6, 6.07) is 5.94. The van der Waals surface area contributed by atoms with Crippen molar-refractivity contribution in [2.24, 2.45) is 17.3 Å². The van der Waals surface area contributed by atoms with E-state index >= 15 is 0 Å². The maximum Gasteiger partial charge on any atom is 0.115 e. The number of phenols is 1. The Morgan fingerprint density at radius 3 is 2.83 bits per heavy atom. The molecule has 0 unspecified atom stereocenters. The fraction of sp³-hybridized carbons (Fsp3) is 0.600. The van der Waals surface area contributed by atoms with E-state index in [4.69, 9.17) is 0 Å². The van der Waals surface area contributed by atoms with Crippen LogP contribution in [0, 0.1) is 17.3 Å². The number of fused-ring (bicyclic) bond motifs is 5. The largest absolute Gasteiger partial charge is 0.508 e. The molecule has 0 bridgehead atoms. The summed E-state index contributed by atoms with van der Waals surface area (Å²) >= 11 is 3.37. The zero-order chi connectivity index (χ0) is 16.2. The van der Waals surface area contributed by atoms with E-state index in [1.807, 2.05) is 23.2 Å². The lowest BCUT2D eigenvalue weighted by atomic mass is 9.53. The fourth-order valence-electron chi connectivity index (χ4n) is 6.00. The Morgan fingerprint density at radius 2 is 2.04 bits per heavy atom. The zero-order valence-corrected chi connectivity index (χ0v) is 15.2. The van der Waals surface area contributed by atoms with Crippen molar-refractivity contribution in [1.82, 2.24) is 0 Å². The molecule has 2 nitrogen and oxygen atoms in total. The molecule has 124 valence electrons. The predicted molar refractivity (Wildman–Crippen MR) is 95.7 cm³/mol. The van der Waals surface area contributed by atoms with Crippen LogP contribution in [0.5, 0.6) is 5.75 Å². The minimum atomic E-state index is -0.665. The summed E-state index contributed by atoms with van der Waals surface area (Å²) in [6.45, 7) is 2.31. The van der Waals surface area contributed by atoms with Crippen LogP contribution in [0.2, 0.25) is 0 Å². The second kappa shape index (κ2) is 5.35. The first-order valence-electron chi connectivity index (χ1n) is 8.80. The first-order valence-corrected chi connectivity index (χ1v) is 9.72. The van der Waals surface area contributed by atoms with Crippen LogP contribution in [-0.4, -0.2) is 15.8 Å². The Bertz CT molecular complexity index is 655. The molecule has 1 aromatic rings. The molecule has 2 fully saturated rings. The van der Waals surface area contributed by atoms with Crippen molar-refractivity contribution in [2.75, 3.05) is 0 Å². The van der Waals surface area contributed by atoms with Gasteiger partial charge in [0.15, 0.2) is 0 Å². The molecule has 2 N–H and O–H groups in total. The van der Waals surface area contributed by atoms with E-state index in [1.54, 1.807) is 0 Å². The average Bonchev–Trinajstić information content (AvgIpc) is 2.79. The van der Waals surface area contributed by atoms with Crippen LogP contribution < -0.4 is 0 Å². The van der Waals surface area contributed by atoms with Crippen LogP contribution in [0.25, 0.3) is 0 Å². The average molecular weight is 377 g/mol. The monoisotopic (exact) mass is 376 g/mol. The van der Waals surface area contributed by atoms with Gasteiger partial charge in [0.05, 0.1) is 5.60 Å². The summed E-state index contributed by atoms with van der Waals surface area (Å²) in [5.41, 5.74) is 2.12. The predicted octanol–water partition coefficient (Wildman–Crippen LogP) is 4.89. The minimum Gasteiger partial charge on any atom is -0.508 e. The molecular weight excluding hydrogens is 352 g/mol. The Hall–Kier alpha value is -0.800. The minimum absolute atomic E-state index is 0.00708. The maximum absolute atomic E-state index is 11.2. The van der Waals surface area contributed by atoms with E-state index in [1.165, 1.54) is 17.5 Å². The molecule has 0 spiro atoms. The van der Waals surface area contributed by atoms with Crippen LogP contribution in [0.15, 0.2) is 29.3 Å². The van der Waals surface area contributed by atoms with Crippen molar-refractivity contribution >= 4 is 15.9 Å². The molecule has 23 heavy (non-hydrogen) atoms. The molecule has 0 radical (unpaired) electrons. The molecule has 3 aliphatic carbocycles. The number of aliphatic hydroxyl groups is 1. The lowest BCUT2D eigenvalue weighted by Gasteiger charge is -2.52. The summed E-state index contributed by atoms with van der Waals surface area (Å²) in [4.78, 5) is 1.84. The first kappa shape index (κ1) is 15.7. The standard InChI is InChI=1S/C20H25BrO2/c1-19-8-6-16-15-5-3-14(22)12-13(15)2-4-17(16)18(19)7-9-20(19,23)10-11-21/h3,5,10-12,16-18,22-23H,2,4,6-9H2,1H3/t16-,17-,18+,19+,20-/m1/s1. The molecular formula is C20H25BrO2. The second-order valence-corrected chi connectivity index (χ2v) is 8.54. The summed E-state index contributed by atoms with van der Waals surface area (Å²) in [5, 5.41) is 21.0. The van der Waals surface area contributed by atoms with E-state index in [9.17, 15) is 10.2 Å². The van der Waals surface area contributed by atoms with Crippen molar-refractivity contribution in [3.05, 3.63) is 40.4 Å². The van der Waals surface area contributed by atoms with Gasteiger partial charge in [0.1, 0.15) is 5.75 Å². The molecule has 3 heteroatoms. The van der Waals surface area contributed by atoms with Gasteiger partial charge >= 0.3 is 0 Å². The van der Waals surface area contributed by atoms with Gasteiger partial charge in [-0.3, -0.25) is 0 Å². The fourth-order valence-corrected chi connectivity index (χ4v) is 6.44. The lowest BCUT2D eigenvalue weighted by molar-refractivity contribution is -0.0708. The topological polar surface area (TPSA) is 40.5 Å². The van der Waals surface area contributed by atoms with Crippen LogP contribution in [-0.2, 0) is 6.42 Å². The van der Waals surface area contributed by atoms with Gasteiger partial charge in [-0.1, -0.05) is 28.9 Å². The molecule has 0 saturated heterocycles. The quantitative estimate of drug-likeness (QED) is 0.732. The van der Waals surface area contributed by atoms with E-state index in [0.717, 1.165) is 32.1 Å². The van der Waals surface area contributed by atoms with Gasteiger partial charge in [-0.15, -0.1) is 0 Å². The van der Waals surface area contributed by atoms with Gasteiger partial charge in [-0.2, -0.15) is 0 Å². The lowest BCUT2D eigenvalue weighted by Crippen LogP contribution is -2.49. The van der Waals surface area contributed by atoms with E-state index in [0.29, 0.717) is 23.5 Å². The number of halogens is 1. The number of phenolic OH excluding ortho intramolecular Hbond substituents is 1. The Labute approximate surface area is 146 Å². The molecule has 0 aromatic heterocycles. The Balaban J connectivity index is 1.70. The summed E-state index contributed by atoms with van der Waals surface area (Å²) in [6.07, 6.45) is 8.45. The Kier molecular flexibility index (Phi) is 3.66. The molecule has 2 saturated carbocycles. The highest BCUT2D eigenvalue weighted by Gasteiger charge is 2.60. The van der Waals surface area contributed by atoms with Crippen molar-refractivity contribution in [2.45, 2.75) is 57.0 Å². The number of hydrogen-bond acceptors (Lipinski definition) is 2. The molecule has 0 heterocycles. The normalized spacial score (nSPS) is 42.3. The molecule has 0 aliphatic heterocycles. The van der Waals surface area contributed by atoms with Gasteiger partial charge in [0, 0.05) is 5.41 Å². The molecule has 3 aliphatic rings. The van der Waals surface area contributed by atoms with Crippen LogP contribution >= 0.6 is 15.9 Å². The first-order chi connectivity index (χ1) is 11.0. The number of hydrogen-bond donors (Lipinski definition) is 2. The van der Waals surface area contributed by atoms with E-state index in [2.05, 4.69) is 28.9 Å². The van der Waals surface area contributed by atoms with Crippen LogP contribution in [0.1, 0.15) is 56.1 Å². The number of benzene rings is 1. The Morgan fingerprint density at radius 1 is 1.22 bits per heavy atom. The van der Waals surface area contributed by atoms with Gasteiger partial charge in [0.25, 0.3) is 0 Å². The SMILES string of the molecule is C[C@]12CC[C@@H]3c4ccc(O)cc4CC[C@H]3[C@@H]1CC[C@@]2(O)C=CBr. The van der Waals surface area contributed by atoms with Gasteiger partial charge < -0.3 is 10.2 Å². The van der Waals surface area contributed by atoms with Crippen LogP contribution in [0.3, 0.4) is 0 Å². The molecule has 1 aromatic carbocycles. The number of aryl methyl sites for hydroxylation is 1. The highest BCUT2D eigenvalue weighted by atomic mass is 79.9. The second-order valence-electron chi connectivity index (χ2n) is 8.01. The van der Waals surface area contributed by atoms with E-state index < -0.39 is 5.60 Å². The van der Waals surface area contributed by atoms with Gasteiger partial charge in [-0.05, 0) is 90.6 Å². The van der Waals surface area contributed by atoms with Gasteiger partial charge in [-0.25, -0.2) is 0 Å². The van der Waals surface area contributed by atoms with Gasteiger partial charge in [0.2, 0.25) is 0 Å². The summed E-state index contributed by atoms with van der Waals surface area (Å²) in [5.74, 6) is 2.26. The number of aromatic hydroxyl groups is 1. The van der Waals surface area contributed by atoms with Crippen molar-refractivity contribution in [3.63, 3.8) is 0 Å². The highest BCUT2D eigenvalue weighted by Crippen LogP contribution is 2.64. The smallest absolute Gasteiger partial charge is 0.115 e. The van der Waals surface area contributed by atoms with Crippen molar-refractivity contribution in [1.29, 1.82) is 0 Å². The third kappa shape index (κ3) is 2.16. The molecule has 4 rings (SSSR count). The third-order valence-corrected chi connectivity index (χ3v) is 7.53. The molecule has 0 amide bonds. The highest BCUT2D eigenvalue weighted by molar-refractivity contribution is 9.11. The summed E-state index contributed by atoms with van der Waals surface area (Å²) < 4.78 is 0. The van der Waals surface area contributed by atoms with Crippen molar-refractivity contribution in [3.8, 4) is 5.75 Å². The molecule has 5 atom stereocenters. The van der Waals surface area contributed by atoms with Crippen LogP contribution in [0.4, 0.5) is 0 Å². The van der Waals surface area contributed by atoms with Crippen molar-refractivity contribution < 1.29 is 10.2 Å². The maximum atomic E-state index is 11.2. The summed E-state index contributed by atoms with van der Waals surface area (Å²) in [7, 11) is 0. The third-order valence-electron chi connectivity index (χ3n) is 7.26.